The van der Waals surface area contributed by atoms with E-state index >= 15 is 0 Å². The van der Waals surface area contributed by atoms with Crippen LogP contribution in [0.4, 0.5) is 0 Å². The summed E-state index contributed by atoms with van der Waals surface area (Å²) in [4.78, 5) is 15.0. The minimum atomic E-state index is -0.205. The lowest BCUT2D eigenvalue weighted by atomic mass is 10.3. The summed E-state index contributed by atoms with van der Waals surface area (Å²) in [5.74, 6) is -0.205. The molecule has 0 bridgehead atoms. The van der Waals surface area contributed by atoms with Crippen molar-refractivity contribution in [2.45, 2.75) is 19.8 Å². The predicted octanol–water partition coefficient (Wildman–Crippen LogP) is 0.135. The quantitative estimate of drug-likeness (QED) is 0.607. The number of likely N-dealkylation sites (N-methyl/N-ethyl adjacent to an activating group) is 2. The van der Waals surface area contributed by atoms with Gasteiger partial charge in [-0.05, 0) is 33.6 Å². The van der Waals surface area contributed by atoms with Crippen LogP contribution in [0.3, 0.4) is 0 Å². The predicted molar refractivity (Wildman–Crippen MR) is 59.1 cm³/mol. The molecule has 0 rings (SSSR count). The molecule has 0 saturated heterocycles. The van der Waals surface area contributed by atoms with E-state index in [1.807, 2.05) is 0 Å². The third-order valence-corrected chi connectivity index (χ3v) is 2.37. The van der Waals surface area contributed by atoms with Gasteiger partial charge in [-0.2, -0.15) is 0 Å². The second kappa shape index (κ2) is 7.76. The van der Waals surface area contributed by atoms with Crippen LogP contribution in [0.25, 0.3) is 0 Å². The Kier molecular flexibility index (Phi) is 7.42. The number of hydrogen-bond acceptors (Lipinski definition) is 3. The number of nitrogens with zero attached hydrogens (tertiary/aromatic N) is 2. The van der Waals surface area contributed by atoms with Crippen molar-refractivity contribution in [2.24, 2.45) is 5.73 Å². The van der Waals surface area contributed by atoms with E-state index in [2.05, 4.69) is 30.8 Å². The van der Waals surface area contributed by atoms with Crippen molar-refractivity contribution in [3.8, 4) is 0 Å². The van der Waals surface area contributed by atoms with Gasteiger partial charge in [-0.1, -0.05) is 6.92 Å². The SMILES string of the molecule is CCN(C)CCN(C)CCCC(N)=O. The smallest absolute Gasteiger partial charge is 0.217 e. The van der Waals surface area contributed by atoms with Crippen molar-refractivity contribution >= 4 is 5.91 Å². The minimum absolute atomic E-state index is 0.205. The van der Waals surface area contributed by atoms with Gasteiger partial charge in [-0.25, -0.2) is 0 Å². The van der Waals surface area contributed by atoms with Crippen LogP contribution in [0, 0.1) is 0 Å². The van der Waals surface area contributed by atoms with E-state index in [-0.39, 0.29) is 5.91 Å². The molecule has 4 nitrogen and oxygen atoms in total. The van der Waals surface area contributed by atoms with E-state index in [9.17, 15) is 4.79 Å². The number of amides is 1. The zero-order valence-corrected chi connectivity index (χ0v) is 9.62. The molecule has 0 aromatic heterocycles. The van der Waals surface area contributed by atoms with Crippen LogP contribution in [0.5, 0.6) is 0 Å². The molecule has 4 heteroatoms. The summed E-state index contributed by atoms with van der Waals surface area (Å²) in [5.41, 5.74) is 5.06. The van der Waals surface area contributed by atoms with Gasteiger partial charge in [0.1, 0.15) is 0 Å². The largest absolute Gasteiger partial charge is 0.370 e. The molecule has 0 aliphatic heterocycles. The van der Waals surface area contributed by atoms with Crippen molar-refractivity contribution in [1.82, 2.24) is 9.80 Å². The molecule has 1 amide bonds. The fraction of sp³-hybridized carbons (Fsp3) is 0.900. The maximum atomic E-state index is 10.5. The first-order valence-electron chi connectivity index (χ1n) is 5.21. The zero-order valence-electron chi connectivity index (χ0n) is 9.62. The molecule has 0 unspecified atom stereocenters. The first kappa shape index (κ1) is 13.4. The van der Waals surface area contributed by atoms with Gasteiger partial charge in [-0.3, -0.25) is 4.79 Å². The average molecular weight is 201 g/mol. The van der Waals surface area contributed by atoms with Crippen LogP contribution in [-0.2, 0) is 4.79 Å². The van der Waals surface area contributed by atoms with E-state index in [1.165, 1.54) is 0 Å². The van der Waals surface area contributed by atoms with Crippen molar-refractivity contribution in [3.63, 3.8) is 0 Å². The second-order valence-electron chi connectivity index (χ2n) is 3.77. The number of rotatable bonds is 8. The number of primary amides is 1. The van der Waals surface area contributed by atoms with Crippen molar-refractivity contribution in [3.05, 3.63) is 0 Å². The first-order valence-corrected chi connectivity index (χ1v) is 5.21. The highest BCUT2D eigenvalue weighted by Gasteiger charge is 2.01. The van der Waals surface area contributed by atoms with E-state index in [0.717, 1.165) is 32.6 Å². The van der Waals surface area contributed by atoms with E-state index in [4.69, 9.17) is 5.73 Å². The molecule has 0 aliphatic rings. The molecule has 84 valence electrons. The Morgan fingerprint density at radius 1 is 1.14 bits per heavy atom. The van der Waals surface area contributed by atoms with E-state index < -0.39 is 0 Å². The van der Waals surface area contributed by atoms with Gasteiger partial charge in [0.15, 0.2) is 0 Å². The average Bonchev–Trinajstić information content (AvgIpc) is 2.13. The lowest BCUT2D eigenvalue weighted by Gasteiger charge is -2.20. The molecule has 0 heterocycles. The van der Waals surface area contributed by atoms with Crippen molar-refractivity contribution in [2.75, 3.05) is 40.3 Å². The number of nitrogens with two attached hydrogens (primary N) is 1. The van der Waals surface area contributed by atoms with Crippen LogP contribution in [0.1, 0.15) is 19.8 Å². The standard InChI is InChI=1S/C10H23N3O/c1-4-12(2)8-9-13(3)7-5-6-10(11)14/h4-9H2,1-3H3,(H2,11,14). The first-order chi connectivity index (χ1) is 6.56. The van der Waals surface area contributed by atoms with Crippen LogP contribution >= 0.6 is 0 Å². The Hall–Kier alpha value is -0.610. The monoisotopic (exact) mass is 201 g/mol. The van der Waals surface area contributed by atoms with Crippen LogP contribution < -0.4 is 5.73 Å². The van der Waals surface area contributed by atoms with E-state index in [0.29, 0.717) is 6.42 Å². The highest BCUT2D eigenvalue weighted by molar-refractivity contribution is 5.73. The molecule has 0 fully saturated rings. The number of carbonyl (C=O) groups is 1. The van der Waals surface area contributed by atoms with Crippen LogP contribution in [-0.4, -0.2) is 56.0 Å². The molecule has 0 aromatic rings. The molecule has 2 N–H and O–H groups in total. The highest BCUT2D eigenvalue weighted by Crippen LogP contribution is 1.92. The molecular formula is C10H23N3O. The van der Waals surface area contributed by atoms with E-state index in [1.54, 1.807) is 0 Å². The summed E-state index contributed by atoms with van der Waals surface area (Å²) < 4.78 is 0. The fourth-order valence-electron chi connectivity index (χ4n) is 1.13. The topological polar surface area (TPSA) is 49.6 Å². The molecular weight excluding hydrogens is 178 g/mol. The normalized spacial score (nSPS) is 11.2. The van der Waals surface area contributed by atoms with Crippen LogP contribution in [0.2, 0.25) is 0 Å². The summed E-state index contributed by atoms with van der Waals surface area (Å²) >= 11 is 0. The third-order valence-electron chi connectivity index (χ3n) is 2.37. The molecule has 0 saturated carbocycles. The van der Waals surface area contributed by atoms with Gasteiger partial charge < -0.3 is 15.5 Å². The maximum Gasteiger partial charge on any atom is 0.217 e. The van der Waals surface area contributed by atoms with Gasteiger partial charge in [0.05, 0.1) is 0 Å². The summed E-state index contributed by atoms with van der Waals surface area (Å²) in [6, 6.07) is 0. The Morgan fingerprint density at radius 3 is 2.21 bits per heavy atom. The second-order valence-corrected chi connectivity index (χ2v) is 3.77. The van der Waals surface area contributed by atoms with Gasteiger partial charge >= 0.3 is 0 Å². The molecule has 0 radical (unpaired) electrons. The Labute approximate surface area is 87.0 Å². The number of carbonyl (C=O) groups excluding carboxylic acids is 1. The summed E-state index contributed by atoms with van der Waals surface area (Å²) in [6.07, 6.45) is 1.36. The summed E-state index contributed by atoms with van der Waals surface area (Å²) in [7, 11) is 4.18. The van der Waals surface area contributed by atoms with Crippen molar-refractivity contribution in [1.29, 1.82) is 0 Å². The van der Waals surface area contributed by atoms with Gasteiger partial charge in [0, 0.05) is 19.5 Å². The van der Waals surface area contributed by atoms with Gasteiger partial charge in [0.25, 0.3) is 0 Å². The molecule has 0 aliphatic carbocycles. The number of hydrogen-bond donors (Lipinski definition) is 1. The minimum Gasteiger partial charge on any atom is -0.370 e. The lowest BCUT2D eigenvalue weighted by molar-refractivity contribution is -0.118. The van der Waals surface area contributed by atoms with Crippen LogP contribution in [0.15, 0.2) is 0 Å². The summed E-state index contributed by atoms with van der Waals surface area (Å²) in [5, 5.41) is 0. The Morgan fingerprint density at radius 2 is 1.71 bits per heavy atom. The molecule has 0 aromatic carbocycles. The molecule has 0 atom stereocenters. The van der Waals surface area contributed by atoms with Gasteiger partial charge in [0.2, 0.25) is 5.91 Å². The Bertz CT molecular complexity index is 161. The molecule has 14 heavy (non-hydrogen) atoms. The third kappa shape index (κ3) is 8.01. The summed E-state index contributed by atoms with van der Waals surface area (Å²) in [6.45, 7) is 6.29. The zero-order chi connectivity index (χ0) is 11.0. The fourth-order valence-corrected chi connectivity index (χ4v) is 1.13. The van der Waals surface area contributed by atoms with Gasteiger partial charge in [-0.15, -0.1) is 0 Å². The lowest BCUT2D eigenvalue weighted by Crippen LogP contribution is -2.31. The van der Waals surface area contributed by atoms with Crippen molar-refractivity contribution < 1.29 is 4.79 Å². The Balaban J connectivity index is 3.36. The maximum absolute atomic E-state index is 10.5. The molecule has 0 spiro atoms. The highest BCUT2D eigenvalue weighted by atomic mass is 16.1.